The van der Waals surface area contributed by atoms with Crippen LogP contribution in [0.3, 0.4) is 0 Å². The fourth-order valence-electron chi connectivity index (χ4n) is 1.61. The van der Waals surface area contributed by atoms with Crippen LogP contribution in [0.2, 0.25) is 0 Å². The number of pyridine rings is 1. The first kappa shape index (κ1) is 16.4. The van der Waals surface area contributed by atoms with Crippen LogP contribution in [-0.4, -0.2) is 51.3 Å². The van der Waals surface area contributed by atoms with Gasteiger partial charge in [-0.15, -0.1) is 0 Å². The van der Waals surface area contributed by atoms with Crippen molar-refractivity contribution in [2.45, 2.75) is 18.9 Å². The molecule has 7 nitrogen and oxygen atoms in total. The Labute approximate surface area is 121 Å². The van der Waals surface area contributed by atoms with Gasteiger partial charge < -0.3 is 10.0 Å². The first-order valence-electron chi connectivity index (χ1n) is 6.22. The van der Waals surface area contributed by atoms with Crippen molar-refractivity contribution < 1.29 is 14.8 Å². The molecule has 0 aliphatic heterocycles. The van der Waals surface area contributed by atoms with Crippen molar-refractivity contribution in [2.75, 3.05) is 25.4 Å². The molecule has 0 unspecified atom stereocenters. The number of carboxylic acids is 1. The van der Waals surface area contributed by atoms with Crippen LogP contribution in [0.1, 0.15) is 24.2 Å². The van der Waals surface area contributed by atoms with Gasteiger partial charge in [-0.1, -0.05) is 25.6 Å². The zero-order valence-electron chi connectivity index (χ0n) is 11.4. The van der Waals surface area contributed by atoms with Crippen LogP contribution >= 0.6 is 11.8 Å². The highest BCUT2D eigenvalue weighted by atomic mass is 32.2. The summed E-state index contributed by atoms with van der Waals surface area (Å²) in [4.78, 5) is 27.2. The smallest absolute Gasteiger partial charge is 0.337 e. The van der Waals surface area contributed by atoms with E-state index in [0.29, 0.717) is 5.75 Å². The summed E-state index contributed by atoms with van der Waals surface area (Å²) in [5.74, 6) is -0.553. The largest absolute Gasteiger partial charge is 0.478 e. The van der Waals surface area contributed by atoms with E-state index in [2.05, 4.69) is 23.7 Å². The molecule has 1 aromatic heterocycles. The molecule has 0 fully saturated rings. The molecule has 1 rings (SSSR count). The number of carbonyl (C=O) groups is 1. The number of carboxylic acid groups (broad SMARTS) is 1. The Morgan fingerprint density at radius 2 is 2.15 bits per heavy atom. The number of rotatable bonds is 8. The van der Waals surface area contributed by atoms with Crippen molar-refractivity contribution in [1.29, 1.82) is 0 Å². The lowest BCUT2D eigenvalue weighted by atomic mass is 10.3. The van der Waals surface area contributed by atoms with Gasteiger partial charge in [-0.2, -0.15) is 0 Å². The maximum atomic E-state index is 11.0. The topological polar surface area (TPSA) is 96.6 Å². The molecule has 0 aliphatic rings. The van der Waals surface area contributed by atoms with Gasteiger partial charge in [0.15, 0.2) is 5.03 Å². The van der Waals surface area contributed by atoms with Gasteiger partial charge in [-0.25, -0.2) is 9.78 Å². The Morgan fingerprint density at radius 1 is 1.50 bits per heavy atom. The van der Waals surface area contributed by atoms with Crippen LogP contribution in [0, 0.1) is 10.1 Å². The van der Waals surface area contributed by atoms with E-state index < -0.39 is 10.9 Å². The monoisotopic (exact) mass is 299 g/mol. The van der Waals surface area contributed by atoms with Gasteiger partial charge in [0.05, 0.1) is 10.5 Å². The standard InChI is InChI=1S/C12H17N3O4S/c1-3-14(4-2)5-6-20-11-10(15(18)19)7-9(8-13-11)12(16)17/h7-8H,3-6H2,1-2H3,(H,16,17). The van der Waals surface area contributed by atoms with Crippen LogP contribution in [0.4, 0.5) is 5.69 Å². The maximum Gasteiger partial charge on any atom is 0.337 e. The number of hydrogen-bond donors (Lipinski definition) is 1. The molecular formula is C12H17N3O4S. The highest BCUT2D eigenvalue weighted by molar-refractivity contribution is 7.99. The molecule has 0 spiro atoms. The van der Waals surface area contributed by atoms with E-state index in [1.54, 1.807) is 0 Å². The minimum Gasteiger partial charge on any atom is -0.478 e. The summed E-state index contributed by atoms with van der Waals surface area (Å²) in [5.41, 5.74) is -0.431. The fourth-order valence-corrected chi connectivity index (χ4v) is 2.56. The Morgan fingerprint density at radius 3 is 2.65 bits per heavy atom. The first-order valence-corrected chi connectivity index (χ1v) is 7.21. The van der Waals surface area contributed by atoms with Gasteiger partial charge in [0.1, 0.15) is 0 Å². The minimum atomic E-state index is -1.22. The van der Waals surface area contributed by atoms with Crippen molar-refractivity contribution in [2.24, 2.45) is 0 Å². The van der Waals surface area contributed by atoms with E-state index in [0.717, 1.165) is 31.9 Å². The molecule has 8 heteroatoms. The highest BCUT2D eigenvalue weighted by Crippen LogP contribution is 2.27. The van der Waals surface area contributed by atoms with E-state index in [-0.39, 0.29) is 16.3 Å². The van der Waals surface area contributed by atoms with Gasteiger partial charge in [-0.05, 0) is 13.1 Å². The van der Waals surface area contributed by atoms with E-state index in [1.165, 1.54) is 11.8 Å². The van der Waals surface area contributed by atoms with Gasteiger partial charge >= 0.3 is 11.7 Å². The molecule has 0 aliphatic carbocycles. The molecule has 0 radical (unpaired) electrons. The van der Waals surface area contributed by atoms with Crippen LogP contribution < -0.4 is 0 Å². The zero-order chi connectivity index (χ0) is 15.1. The van der Waals surface area contributed by atoms with Crippen molar-refractivity contribution in [1.82, 2.24) is 9.88 Å². The lowest BCUT2D eigenvalue weighted by Crippen LogP contribution is -2.25. The van der Waals surface area contributed by atoms with E-state index in [9.17, 15) is 14.9 Å². The molecule has 0 saturated heterocycles. The van der Waals surface area contributed by atoms with Crippen LogP contribution in [0.15, 0.2) is 17.3 Å². The number of nitro groups is 1. The fraction of sp³-hybridized carbons (Fsp3) is 0.500. The number of aromatic carboxylic acids is 1. The molecule has 0 saturated carbocycles. The molecule has 1 N–H and O–H groups in total. The van der Waals surface area contributed by atoms with Crippen molar-refractivity contribution in [3.63, 3.8) is 0 Å². The first-order chi connectivity index (χ1) is 9.49. The predicted molar refractivity (Wildman–Crippen MR) is 76.4 cm³/mol. The number of thioether (sulfide) groups is 1. The lowest BCUT2D eigenvalue weighted by Gasteiger charge is -2.16. The summed E-state index contributed by atoms with van der Waals surface area (Å²) in [6.45, 7) is 6.75. The summed E-state index contributed by atoms with van der Waals surface area (Å²) < 4.78 is 0. The third kappa shape index (κ3) is 4.46. The van der Waals surface area contributed by atoms with Crippen molar-refractivity contribution in [3.05, 3.63) is 27.9 Å². The quantitative estimate of drug-likeness (QED) is 0.446. The summed E-state index contributed by atoms with van der Waals surface area (Å²) in [5, 5.41) is 20.0. The summed E-state index contributed by atoms with van der Waals surface area (Å²) >= 11 is 1.27. The van der Waals surface area contributed by atoms with Crippen LogP contribution in [0.5, 0.6) is 0 Å². The Kier molecular flexibility index (Phi) is 6.40. The van der Waals surface area contributed by atoms with Gasteiger partial charge in [-0.3, -0.25) is 10.1 Å². The normalized spacial score (nSPS) is 10.8. The molecule has 0 bridgehead atoms. The van der Waals surface area contributed by atoms with Crippen LogP contribution in [-0.2, 0) is 0 Å². The van der Waals surface area contributed by atoms with Crippen molar-refractivity contribution >= 4 is 23.4 Å². The van der Waals surface area contributed by atoms with E-state index in [4.69, 9.17) is 5.11 Å². The molecule has 0 amide bonds. The number of nitrogens with zero attached hydrogens (tertiary/aromatic N) is 3. The second kappa shape index (κ2) is 7.81. The van der Waals surface area contributed by atoms with Crippen LogP contribution in [0.25, 0.3) is 0 Å². The van der Waals surface area contributed by atoms with Gasteiger partial charge in [0.2, 0.25) is 0 Å². The summed E-state index contributed by atoms with van der Waals surface area (Å²) in [7, 11) is 0. The molecule has 110 valence electrons. The predicted octanol–water partition coefficient (Wildman–Crippen LogP) is 2.12. The summed E-state index contributed by atoms with van der Waals surface area (Å²) in [6.07, 6.45) is 1.15. The van der Waals surface area contributed by atoms with E-state index in [1.807, 2.05) is 0 Å². The third-order valence-corrected chi connectivity index (χ3v) is 3.79. The van der Waals surface area contributed by atoms with E-state index >= 15 is 0 Å². The second-order valence-electron chi connectivity index (χ2n) is 3.99. The minimum absolute atomic E-state index is 0.176. The van der Waals surface area contributed by atoms with Gasteiger partial charge in [0, 0.05) is 24.6 Å². The average Bonchev–Trinajstić information content (AvgIpc) is 2.43. The SMILES string of the molecule is CCN(CC)CCSc1ncc(C(=O)O)cc1[N+](=O)[O-]. The molecule has 1 heterocycles. The molecular weight excluding hydrogens is 282 g/mol. The molecule has 0 aromatic carbocycles. The maximum absolute atomic E-state index is 11.0. The third-order valence-electron chi connectivity index (χ3n) is 2.82. The highest BCUT2D eigenvalue weighted by Gasteiger charge is 2.19. The zero-order valence-corrected chi connectivity index (χ0v) is 12.2. The molecule has 0 atom stereocenters. The van der Waals surface area contributed by atoms with Gasteiger partial charge in [0.25, 0.3) is 0 Å². The number of hydrogen-bond acceptors (Lipinski definition) is 6. The Hall–Kier alpha value is -1.67. The summed E-state index contributed by atoms with van der Waals surface area (Å²) in [6, 6.07) is 1.05. The molecule has 1 aromatic rings. The molecule has 20 heavy (non-hydrogen) atoms. The van der Waals surface area contributed by atoms with Crippen molar-refractivity contribution in [3.8, 4) is 0 Å². The lowest BCUT2D eigenvalue weighted by molar-refractivity contribution is -0.388. The Balaban J connectivity index is 2.79. The number of aromatic nitrogens is 1. The Bertz CT molecular complexity index is 492. The second-order valence-corrected chi connectivity index (χ2v) is 5.07. The average molecular weight is 299 g/mol.